The number of rotatable bonds is 9. The fraction of sp³-hybridized carbons (Fsp3) is 0.632. The molecule has 7 nitrogen and oxygen atoms in total. The van der Waals surface area contributed by atoms with Gasteiger partial charge in [0.25, 0.3) is 0 Å². The molecule has 0 aliphatic carbocycles. The van der Waals surface area contributed by atoms with Gasteiger partial charge in [-0.15, -0.1) is 0 Å². The van der Waals surface area contributed by atoms with Gasteiger partial charge in [0.15, 0.2) is 5.96 Å². The molecule has 0 amide bonds. The molecule has 1 heterocycles. The van der Waals surface area contributed by atoms with Crippen molar-refractivity contribution in [3.8, 4) is 0 Å². The van der Waals surface area contributed by atoms with Crippen LogP contribution < -0.4 is 10.0 Å². The summed E-state index contributed by atoms with van der Waals surface area (Å²) in [5.41, 5.74) is 0. The van der Waals surface area contributed by atoms with E-state index < -0.39 is 10.0 Å². The quantitative estimate of drug-likeness (QED) is 0.377. The Kier molecular flexibility index (Phi) is 9.03. The Morgan fingerprint density at radius 1 is 1.26 bits per heavy atom. The van der Waals surface area contributed by atoms with Crippen molar-refractivity contribution in [2.45, 2.75) is 31.1 Å². The summed E-state index contributed by atoms with van der Waals surface area (Å²) in [6, 6.07) is 8.38. The number of hydrogen-bond acceptors (Lipinski definition) is 4. The largest absolute Gasteiger partial charge is 0.381 e. The Morgan fingerprint density at radius 3 is 2.63 bits per heavy atom. The molecule has 0 spiro atoms. The Morgan fingerprint density at radius 2 is 1.96 bits per heavy atom. The number of aliphatic imine (C=N–C) groups is 1. The zero-order valence-corrected chi connectivity index (χ0v) is 17.2. The van der Waals surface area contributed by atoms with Crippen LogP contribution in [0, 0.1) is 5.92 Å². The highest BCUT2D eigenvalue weighted by molar-refractivity contribution is 7.89. The molecule has 0 bridgehead atoms. The molecule has 8 heteroatoms. The Labute approximate surface area is 163 Å². The lowest BCUT2D eigenvalue weighted by atomic mass is 9.96. The van der Waals surface area contributed by atoms with Gasteiger partial charge in [-0.25, -0.2) is 13.1 Å². The van der Waals surface area contributed by atoms with Crippen LogP contribution in [0.25, 0.3) is 0 Å². The highest BCUT2D eigenvalue weighted by Crippen LogP contribution is 2.18. The number of sulfonamides is 1. The van der Waals surface area contributed by atoms with Gasteiger partial charge in [0.1, 0.15) is 0 Å². The lowest BCUT2D eigenvalue weighted by Gasteiger charge is -2.26. The first-order chi connectivity index (χ1) is 13.0. The van der Waals surface area contributed by atoms with Gasteiger partial charge in [-0.3, -0.25) is 4.99 Å². The van der Waals surface area contributed by atoms with Crippen molar-refractivity contribution in [1.29, 1.82) is 0 Å². The molecule has 1 aliphatic rings. The molecule has 1 aliphatic heterocycles. The molecule has 0 saturated carbocycles. The molecule has 1 aromatic carbocycles. The van der Waals surface area contributed by atoms with E-state index in [1.807, 2.05) is 14.0 Å². The van der Waals surface area contributed by atoms with Crippen LogP contribution in [0.3, 0.4) is 0 Å². The topological polar surface area (TPSA) is 83.0 Å². The normalized spacial score (nSPS) is 16.3. The predicted octanol–water partition coefficient (Wildman–Crippen LogP) is 1.68. The maximum atomic E-state index is 12.2. The number of benzene rings is 1. The van der Waals surface area contributed by atoms with Gasteiger partial charge in [-0.2, -0.15) is 0 Å². The van der Waals surface area contributed by atoms with Crippen molar-refractivity contribution < 1.29 is 13.2 Å². The first kappa shape index (κ1) is 21.7. The monoisotopic (exact) mass is 396 g/mol. The van der Waals surface area contributed by atoms with E-state index in [1.165, 1.54) is 0 Å². The van der Waals surface area contributed by atoms with Crippen molar-refractivity contribution in [1.82, 2.24) is 14.9 Å². The Hall–Kier alpha value is -1.64. The molecule has 27 heavy (non-hydrogen) atoms. The van der Waals surface area contributed by atoms with Crippen molar-refractivity contribution in [3.63, 3.8) is 0 Å². The van der Waals surface area contributed by atoms with Gasteiger partial charge >= 0.3 is 0 Å². The van der Waals surface area contributed by atoms with E-state index in [1.54, 1.807) is 30.3 Å². The summed E-state index contributed by atoms with van der Waals surface area (Å²) in [5, 5.41) is 3.27. The summed E-state index contributed by atoms with van der Waals surface area (Å²) in [4.78, 5) is 6.94. The van der Waals surface area contributed by atoms with E-state index in [9.17, 15) is 8.42 Å². The smallest absolute Gasteiger partial charge is 0.240 e. The summed E-state index contributed by atoms with van der Waals surface area (Å²) in [6.07, 6.45) is 3.37. The van der Waals surface area contributed by atoms with Gasteiger partial charge in [-0.05, 0) is 44.2 Å². The Bertz CT molecular complexity index is 673. The van der Waals surface area contributed by atoms with Crippen molar-refractivity contribution >= 4 is 16.0 Å². The van der Waals surface area contributed by atoms with E-state index >= 15 is 0 Å². The molecule has 1 aromatic rings. The van der Waals surface area contributed by atoms with Crippen molar-refractivity contribution in [2.75, 3.05) is 46.4 Å². The Balaban J connectivity index is 1.81. The summed E-state index contributed by atoms with van der Waals surface area (Å²) >= 11 is 0. The zero-order chi connectivity index (χ0) is 19.5. The molecule has 0 unspecified atom stereocenters. The van der Waals surface area contributed by atoms with Crippen LogP contribution in [-0.2, 0) is 14.8 Å². The van der Waals surface area contributed by atoms with Crippen LogP contribution in [0.1, 0.15) is 26.2 Å². The molecule has 152 valence electrons. The maximum Gasteiger partial charge on any atom is 0.240 e. The van der Waals surface area contributed by atoms with Gasteiger partial charge in [0, 0.05) is 39.9 Å². The van der Waals surface area contributed by atoms with E-state index in [2.05, 4.69) is 19.9 Å². The number of hydrogen-bond donors (Lipinski definition) is 2. The number of nitrogens with one attached hydrogen (secondary N) is 2. The fourth-order valence-electron chi connectivity index (χ4n) is 3.01. The minimum Gasteiger partial charge on any atom is -0.381 e. The van der Waals surface area contributed by atoms with Gasteiger partial charge < -0.3 is 15.0 Å². The van der Waals surface area contributed by atoms with Crippen LogP contribution in [0.5, 0.6) is 0 Å². The average Bonchev–Trinajstić information content (AvgIpc) is 2.70. The zero-order valence-electron chi connectivity index (χ0n) is 16.4. The van der Waals surface area contributed by atoms with Crippen molar-refractivity contribution in [2.24, 2.45) is 10.9 Å². The van der Waals surface area contributed by atoms with Crippen LogP contribution in [-0.4, -0.2) is 65.7 Å². The molecule has 0 radical (unpaired) electrons. The summed E-state index contributed by atoms with van der Waals surface area (Å²) in [6.45, 7) is 6.10. The van der Waals surface area contributed by atoms with E-state index in [4.69, 9.17) is 4.74 Å². The molecule has 2 rings (SSSR count). The number of guanidine groups is 1. The molecule has 2 N–H and O–H groups in total. The van der Waals surface area contributed by atoms with Gasteiger partial charge in [0.2, 0.25) is 10.0 Å². The second kappa shape index (κ2) is 11.3. The lowest BCUT2D eigenvalue weighted by Crippen LogP contribution is -2.40. The van der Waals surface area contributed by atoms with Gasteiger partial charge in [0.05, 0.1) is 11.4 Å². The van der Waals surface area contributed by atoms with Crippen LogP contribution >= 0.6 is 0 Å². The van der Waals surface area contributed by atoms with Crippen LogP contribution in [0.4, 0.5) is 0 Å². The highest BCUT2D eigenvalue weighted by atomic mass is 32.2. The summed E-state index contributed by atoms with van der Waals surface area (Å²) in [7, 11) is -1.46. The fourth-order valence-corrected chi connectivity index (χ4v) is 4.05. The second-order valence-electron chi connectivity index (χ2n) is 6.71. The standard InChI is InChI=1S/C19H32N4O3S/c1-3-20-19(23(2)14-9-17-10-15-26-16-11-17)21-12-13-22-27(24,25)18-7-5-4-6-8-18/h4-8,17,22H,3,9-16H2,1-2H3,(H,20,21). The SMILES string of the molecule is CCNC(=NCCNS(=O)(=O)c1ccccc1)N(C)CCC1CCOCC1. The van der Waals surface area contributed by atoms with E-state index in [-0.39, 0.29) is 11.4 Å². The third-order valence-corrected chi connectivity index (χ3v) is 6.11. The molecule has 1 fully saturated rings. The summed E-state index contributed by atoms with van der Waals surface area (Å²) < 4.78 is 32.4. The number of nitrogens with zero attached hydrogens (tertiary/aromatic N) is 2. The molecular formula is C19H32N4O3S. The van der Waals surface area contributed by atoms with Gasteiger partial charge in [-0.1, -0.05) is 18.2 Å². The third kappa shape index (κ3) is 7.48. The predicted molar refractivity (Wildman–Crippen MR) is 108 cm³/mol. The summed E-state index contributed by atoms with van der Waals surface area (Å²) in [5.74, 6) is 1.52. The van der Waals surface area contributed by atoms with Crippen molar-refractivity contribution in [3.05, 3.63) is 30.3 Å². The molecule has 1 saturated heterocycles. The number of ether oxygens (including phenoxy) is 1. The minimum absolute atomic E-state index is 0.264. The minimum atomic E-state index is -3.48. The third-order valence-electron chi connectivity index (χ3n) is 4.63. The average molecular weight is 397 g/mol. The van der Waals surface area contributed by atoms with Crippen LogP contribution in [0.15, 0.2) is 40.2 Å². The van der Waals surface area contributed by atoms with E-state index in [0.29, 0.717) is 12.5 Å². The van der Waals surface area contributed by atoms with Crippen LogP contribution in [0.2, 0.25) is 0 Å². The second-order valence-corrected chi connectivity index (χ2v) is 8.48. The highest BCUT2D eigenvalue weighted by Gasteiger charge is 2.16. The first-order valence-corrected chi connectivity index (χ1v) is 11.1. The lowest BCUT2D eigenvalue weighted by molar-refractivity contribution is 0.0625. The molecule has 0 aromatic heterocycles. The first-order valence-electron chi connectivity index (χ1n) is 9.65. The molecular weight excluding hydrogens is 364 g/mol. The molecule has 0 atom stereocenters. The van der Waals surface area contributed by atoms with E-state index in [0.717, 1.165) is 51.5 Å². The maximum absolute atomic E-state index is 12.2.